The summed E-state index contributed by atoms with van der Waals surface area (Å²) in [4.78, 5) is 0. The zero-order valence-electron chi connectivity index (χ0n) is 10.9. The van der Waals surface area contributed by atoms with Crippen molar-refractivity contribution in [2.24, 2.45) is 0 Å². The van der Waals surface area contributed by atoms with Crippen molar-refractivity contribution in [1.82, 2.24) is 4.72 Å². The first-order chi connectivity index (χ1) is 8.24. The van der Waals surface area contributed by atoms with E-state index in [0.717, 1.165) is 18.4 Å². The fourth-order valence-electron chi connectivity index (χ4n) is 1.75. The molecule has 1 atom stereocenters. The molecule has 1 aliphatic carbocycles. The van der Waals surface area contributed by atoms with Crippen molar-refractivity contribution in [2.75, 3.05) is 5.73 Å². The van der Waals surface area contributed by atoms with Gasteiger partial charge in [0.2, 0.25) is 0 Å². The molecule has 5 heteroatoms. The van der Waals surface area contributed by atoms with Gasteiger partial charge in [-0.3, -0.25) is 0 Å². The molecule has 0 radical (unpaired) electrons. The maximum Gasteiger partial charge on any atom is 0.146 e. The molecule has 3 N–H and O–H groups in total. The fourth-order valence-corrected chi connectivity index (χ4v) is 2.73. The summed E-state index contributed by atoms with van der Waals surface area (Å²) in [6, 6.07) is 4.72. The first kappa shape index (κ1) is 13.6. The molecule has 100 valence electrons. The Kier molecular flexibility index (Phi) is 3.34. The third-order valence-corrected chi connectivity index (χ3v) is 4.83. The van der Waals surface area contributed by atoms with Gasteiger partial charge in [-0.05, 0) is 51.3 Å². The average molecular weight is 270 g/mol. The maximum absolute atomic E-state index is 13.2. The van der Waals surface area contributed by atoms with Crippen LogP contribution in [-0.2, 0) is 16.9 Å². The quantitative estimate of drug-likeness (QED) is 0.655. The standard InChI is InChI=1S/C13H19FN2OS/c1-12(2,3)18(17)16-13(6-7-13)9-4-5-10(14)11(15)8-9/h4-5,8,16H,6-7,15H2,1-3H3. The largest absolute Gasteiger partial charge is 0.598 e. The van der Waals surface area contributed by atoms with Crippen molar-refractivity contribution in [2.45, 2.75) is 43.9 Å². The van der Waals surface area contributed by atoms with Gasteiger partial charge in [-0.25, -0.2) is 4.39 Å². The molecule has 18 heavy (non-hydrogen) atoms. The van der Waals surface area contributed by atoms with E-state index < -0.39 is 17.2 Å². The molecule has 1 aromatic rings. The Morgan fingerprint density at radius 1 is 1.39 bits per heavy atom. The maximum atomic E-state index is 13.2. The predicted molar refractivity (Wildman–Crippen MR) is 72.8 cm³/mol. The SMILES string of the molecule is CC(C)(C)[S+]([O-])NC1(c2ccc(F)c(N)c2)CC1. The van der Waals surface area contributed by atoms with E-state index in [9.17, 15) is 8.94 Å². The third-order valence-electron chi connectivity index (χ3n) is 3.14. The lowest BCUT2D eigenvalue weighted by Gasteiger charge is -2.28. The molecule has 0 bridgehead atoms. The van der Waals surface area contributed by atoms with Gasteiger partial charge >= 0.3 is 0 Å². The Labute approximate surface area is 110 Å². The topological polar surface area (TPSA) is 61.1 Å². The molecule has 1 saturated carbocycles. The number of hydrogen-bond acceptors (Lipinski definition) is 3. The Morgan fingerprint density at radius 3 is 2.44 bits per heavy atom. The Bertz CT molecular complexity index is 455. The highest BCUT2D eigenvalue weighted by molar-refractivity contribution is 7.90. The minimum atomic E-state index is -1.14. The Balaban J connectivity index is 2.19. The summed E-state index contributed by atoms with van der Waals surface area (Å²) in [7, 11) is 0. The lowest BCUT2D eigenvalue weighted by atomic mass is 10.1. The molecule has 0 amide bonds. The van der Waals surface area contributed by atoms with Crippen LogP contribution in [0.2, 0.25) is 0 Å². The summed E-state index contributed by atoms with van der Waals surface area (Å²) < 4.78 is 28.1. The summed E-state index contributed by atoms with van der Waals surface area (Å²) >= 11 is -1.14. The second-order valence-corrected chi connectivity index (χ2v) is 7.77. The number of nitrogens with two attached hydrogens (primary N) is 1. The van der Waals surface area contributed by atoms with E-state index in [1.807, 2.05) is 20.8 Å². The first-order valence-electron chi connectivity index (χ1n) is 6.00. The van der Waals surface area contributed by atoms with Gasteiger partial charge in [-0.1, -0.05) is 6.07 Å². The molecule has 0 aromatic heterocycles. The summed E-state index contributed by atoms with van der Waals surface area (Å²) in [5.74, 6) is -0.411. The molecular weight excluding hydrogens is 251 g/mol. The van der Waals surface area contributed by atoms with Gasteiger partial charge in [-0.2, -0.15) is 0 Å². The first-order valence-corrected chi connectivity index (χ1v) is 7.15. The van der Waals surface area contributed by atoms with Crippen LogP contribution in [0, 0.1) is 5.82 Å². The summed E-state index contributed by atoms with van der Waals surface area (Å²) in [5, 5.41) is 0. The van der Waals surface area contributed by atoms with E-state index in [2.05, 4.69) is 4.72 Å². The van der Waals surface area contributed by atoms with Gasteiger partial charge in [0.25, 0.3) is 0 Å². The predicted octanol–water partition coefficient (Wildman–Crippen LogP) is 2.45. The summed E-state index contributed by atoms with van der Waals surface area (Å²) in [6.45, 7) is 5.77. The van der Waals surface area contributed by atoms with Gasteiger partial charge in [0.15, 0.2) is 0 Å². The molecule has 1 unspecified atom stereocenters. The van der Waals surface area contributed by atoms with Gasteiger partial charge in [-0.15, -0.1) is 4.72 Å². The third kappa shape index (κ3) is 2.63. The van der Waals surface area contributed by atoms with Gasteiger partial charge in [0, 0.05) is 11.4 Å². The van der Waals surface area contributed by atoms with Gasteiger partial charge in [0.05, 0.1) is 11.2 Å². The van der Waals surface area contributed by atoms with E-state index in [4.69, 9.17) is 5.73 Å². The molecule has 0 spiro atoms. The summed E-state index contributed by atoms with van der Waals surface area (Å²) in [5.41, 5.74) is 6.35. The van der Waals surface area contributed by atoms with Crippen molar-refractivity contribution in [3.05, 3.63) is 29.6 Å². The molecule has 3 nitrogen and oxygen atoms in total. The van der Waals surface area contributed by atoms with Crippen LogP contribution in [0.25, 0.3) is 0 Å². The second kappa shape index (κ2) is 4.40. The lowest BCUT2D eigenvalue weighted by molar-refractivity contribution is 0.518. The highest BCUT2D eigenvalue weighted by Gasteiger charge is 2.50. The number of hydrogen-bond donors (Lipinski definition) is 2. The Hall–Kier alpha value is -0.780. The minimum Gasteiger partial charge on any atom is -0.598 e. The smallest absolute Gasteiger partial charge is 0.146 e. The molecule has 0 heterocycles. The van der Waals surface area contributed by atoms with Crippen LogP contribution >= 0.6 is 0 Å². The van der Waals surface area contributed by atoms with Crippen molar-refractivity contribution >= 4 is 17.0 Å². The van der Waals surface area contributed by atoms with Crippen LogP contribution in [0.4, 0.5) is 10.1 Å². The number of nitrogen functional groups attached to an aromatic ring is 1. The monoisotopic (exact) mass is 270 g/mol. The Morgan fingerprint density at radius 2 is 2.00 bits per heavy atom. The van der Waals surface area contributed by atoms with Crippen LogP contribution in [-0.4, -0.2) is 9.30 Å². The number of halogens is 1. The van der Waals surface area contributed by atoms with Crippen molar-refractivity contribution in [3.63, 3.8) is 0 Å². The average Bonchev–Trinajstić information content (AvgIpc) is 3.01. The van der Waals surface area contributed by atoms with E-state index in [-0.39, 0.29) is 16.0 Å². The van der Waals surface area contributed by atoms with Crippen LogP contribution in [0.5, 0.6) is 0 Å². The van der Waals surface area contributed by atoms with Gasteiger partial charge in [0.1, 0.15) is 10.6 Å². The fraction of sp³-hybridized carbons (Fsp3) is 0.538. The highest BCUT2D eigenvalue weighted by Crippen LogP contribution is 2.47. The van der Waals surface area contributed by atoms with Crippen molar-refractivity contribution in [1.29, 1.82) is 0 Å². The van der Waals surface area contributed by atoms with E-state index >= 15 is 0 Å². The number of nitrogens with one attached hydrogen (secondary N) is 1. The molecular formula is C13H19FN2OS. The van der Waals surface area contributed by atoms with Crippen LogP contribution in [0.15, 0.2) is 18.2 Å². The van der Waals surface area contributed by atoms with Crippen LogP contribution in [0.1, 0.15) is 39.2 Å². The number of anilines is 1. The molecule has 0 saturated heterocycles. The molecule has 1 aliphatic rings. The number of benzene rings is 1. The van der Waals surface area contributed by atoms with Crippen LogP contribution < -0.4 is 10.5 Å². The highest BCUT2D eigenvalue weighted by atomic mass is 32.2. The lowest BCUT2D eigenvalue weighted by Crippen LogP contribution is -2.44. The number of rotatable bonds is 3. The normalized spacial score (nSPS) is 19.6. The molecule has 2 rings (SSSR count). The van der Waals surface area contributed by atoms with E-state index in [1.165, 1.54) is 6.07 Å². The molecule has 0 aliphatic heterocycles. The zero-order chi connectivity index (χ0) is 13.6. The zero-order valence-corrected chi connectivity index (χ0v) is 11.7. The molecule has 1 aromatic carbocycles. The van der Waals surface area contributed by atoms with E-state index in [1.54, 1.807) is 12.1 Å². The van der Waals surface area contributed by atoms with Gasteiger partial charge < -0.3 is 10.3 Å². The minimum absolute atomic E-state index is 0.141. The van der Waals surface area contributed by atoms with Crippen molar-refractivity contribution in [3.8, 4) is 0 Å². The second-order valence-electron chi connectivity index (χ2n) is 5.80. The summed E-state index contributed by atoms with van der Waals surface area (Å²) in [6.07, 6.45) is 1.81. The van der Waals surface area contributed by atoms with E-state index in [0.29, 0.717) is 0 Å². The van der Waals surface area contributed by atoms with Crippen molar-refractivity contribution < 1.29 is 8.94 Å². The molecule has 1 fully saturated rings. The van der Waals surface area contributed by atoms with Crippen LogP contribution in [0.3, 0.4) is 0 Å².